The van der Waals surface area contributed by atoms with Crippen LogP contribution in [0.3, 0.4) is 0 Å². The molecule has 0 bridgehead atoms. The molecule has 0 spiro atoms. The number of nitrogens with two attached hydrogens (primary N) is 1. The fourth-order valence-corrected chi connectivity index (χ4v) is 4.20. The van der Waals surface area contributed by atoms with E-state index in [1.165, 1.54) is 38.1 Å². The Hall–Kier alpha value is -2.70. The molecule has 0 aliphatic rings. The van der Waals surface area contributed by atoms with Crippen LogP contribution in [-0.2, 0) is 20.5 Å². The number of rotatable bonds is 7. The molecule has 30 heavy (non-hydrogen) atoms. The molecule has 3 aromatic heterocycles. The molecule has 0 aliphatic carbocycles. The Morgan fingerprint density at radius 3 is 2.63 bits per heavy atom. The lowest BCUT2D eigenvalue weighted by Gasteiger charge is -2.11. The highest BCUT2D eigenvalue weighted by Gasteiger charge is 2.24. The van der Waals surface area contributed by atoms with Gasteiger partial charge in [-0.2, -0.15) is 4.98 Å². The van der Waals surface area contributed by atoms with E-state index in [0.29, 0.717) is 27.7 Å². The number of carbonyl (C=O) groups is 1. The fraction of sp³-hybridized carbons (Fsp3) is 0.333. The number of sulfonamides is 1. The third-order valence-electron chi connectivity index (χ3n) is 4.12. The van der Waals surface area contributed by atoms with E-state index >= 15 is 0 Å². The largest absolute Gasteiger partial charge is 0.462 e. The van der Waals surface area contributed by atoms with Gasteiger partial charge in [0.25, 0.3) is 0 Å². The monoisotopic (exact) mass is 451 g/mol. The van der Waals surface area contributed by atoms with Gasteiger partial charge in [0.15, 0.2) is 0 Å². The summed E-state index contributed by atoms with van der Waals surface area (Å²) in [4.78, 5) is 25.1. The molecule has 3 rings (SSSR count). The molecule has 3 aromatic rings. The number of thioether (sulfide) groups is 1. The molecule has 0 unspecified atom stereocenters. The van der Waals surface area contributed by atoms with Crippen LogP contribution in [0.1, 0.15) is 28.9 Å². The number of fused-ring (bicyclic) bond motifs is 1. The minimum Gasteiger partial charge on any atom is -0.462 e. The Labute approximate surface area is 177 Å². The number of esters is 1. The Morgan fingerprint density at radius 1 is 1.30 bits per heavy atom. The Kier molecular flexibility index (Phi) is 6.29. The number of anilines is 1. The maximum absolute atomic E-state index is 12.2. The minimum absolute atomic E-state index is 0.108. The molecule has 3 heterocycles. The zero-order valence-electron chi connectivity index (χ0n) is 16.9. The van der Waals surface area contributed by atoms with Gasteiger partial charge in [0, 0.05) is 20.3 Å². The van der Waals surface area contributed by atoms with Crippen molar-refractivity contribution in [1.82, 2.24) is 19.3 Å². The van der Waals surface area contributed by atoms with E-state index in [4.69, 9.17) is 14.9 Å². The van der Waals surface area contributed by atoms with Gasteiger partial charge in [0.05, 0.1) is 22.8 Å². The molecule has 0 fully saturated rings. The number of hydrogen-bond donors (Lipinski definition) is 1. The maximum Gasteiger partial charge on any atom is 0.342 e. The van der Waals surface area contributed by atoms with Gasteiger partial charge in [-0.15, -0.1) is 0 Å². The number of hydrogen-bond acceptors (Lipinski definition) is 10. The lowest BCUT2D eigenvalue weighted by molar-refractivity contribution is 0.0526. The van der Waals surface area contributed by atoms with Crippen LogP contribution in [0.5, 0.6) is 0 Å². The van der Waals surface area contributed by atoms with Gasteiger partial charge in [0.2, 0.25) is 15.7 Å². The lowest BCUT2D eigenvalue weighted by Crippen LogP contribution is -2.22. The third kappa shape index (κ3) is 4.25. The summed E-state index contributed by atoms with van der Waals surface area (Å²) in [5.74, 6) is 0.648. The zero-order valence-corrected chi connectivity index (χ0v) is 18.5. The second kappa shape index (κ2) is 8.58. The summed E-state index contributed by atoms with van der Waals surface area (Å²) in [5.41, 5.74) is 6.49. The van der Waals surface area contributed by atoms with E-state index in [1.54, 1.807) is 19.9 Å². The summed E-state index contributed by atoms with van der Waals surface area (Å²) in [7, 11) is -0.618. The number of carbonyl (C=O) groups excluding carboxylic acids is 1. The van der Waals surface area contributed by atoms with Gasteiger partial charge in [-0.3, -0.25) is 0 Å². The minimum atomic E-state index is -3.53. The number of furan rings is 1. The van der Waals surface area contributed by atoms with Crippen molar-refractivity contribution in [2.45, 2.75) is 29.5 Å². The van der Waals surface area contributed by atoms with Crippen LogP contribution in [0, 0.1) is 6.92 Å². The molecule has 0 aromatic carbocycles. The first-order chi connectivity index (χ1) is 14.1. The fourth-order valence-electron chi connectivity index (χ4n) is 2.65. The van der Waals surface area contributed by atoms with Crippen LogP contribution < -0.4 is 5.73 Å². The predicted molar refractivity (Wildman–Crippen MR) is 112 cm³/mol. The van der Waals surface area contributed by atoms with E-state index in [2.05, 4.69) is 15.0 Å². The molecule has 12 heteroatoms. The van der Waals surface area contributed by atoms with Crippen molar-refractivity contribution in [2.24, 2.45) is 0 Å². The first-order valence-corrected chi connectivity index (χ1v) is 11.3. The highest BCUT2D eigenvalue weighted by molar-refractivity contribution is 7.98. The van der Waals surface area contributed by atoms with E-state index in [9.17, 15) is 13.2 Å². The lowest BCUT2D eigenvalue weighted by atomic mass is 10.2. The zero-order chi connectivity index (χ0) is 22.1. The molecule has 0 radical (unpaired) electrons. The van der Waals surface area contributed by atoms with Crippen LogP contribution in [0.2, 0.25) is 0 Å². The SMILES string of the molecule is CCOC(=O)c1c(C)oc2nc(CSc3ccc(S(=O)(=O)N(C)C)cn3)nc(N)c12. The summed E-state index contributed by atoms with van der Waals surface area (Å²) < 4.78 is 36.0. The van der Waals surface area contributed by atoms with E-state index in [0.717, 1.165) is 4.31 Å². The van der Waals surface area contributed by atoms with Gasteiger partial charge < -0.3 is 14.9 Å². The quantitative estimate of drug-likeness (QED) is 0.420. The average molecular weight is 452 g/mol. The molecule has 0 saturated heterocycles. The molecule has 2 N–H and O–H groups in total. The second-order valence-corrected chi connectivity index (χ2v) is 9.51. The molecule has 0 aliphatic heterocycles. The molecule has 160 valence electrons. The molecule has 10 nitrogen and oxygen atoms in total. The van der Waals surface area contributed by atoms with Crippen LogP contribution >= 0.6 is 11.8 Å². The van der Waals surface area contributed by atoms with Crippen LogP contribution in [0.25, 0.3) is 11.1 Å². The summed E-state index contributed by atoms with van der Waals surface area (Å²) in [6.45, 7) is 3.57. The summed E-state index contributed by atoms with van der Waals surface area (Å²) in [6.07, 6.45) is 1.30. The number of aromatic nitrogens is 3. The number of nitrogens with zero attached hydrogens (tertiary/aromatic N) is 4. The highest BCUT2D eigenvalue weighted by atomic mass is 32.2. The number of aryl methyl sites for hydroxylation is 1. The molecular weight excluding hydrogens is 430 g/mol. The Morgan fingerprint density at radius 2 is 2.03 bits per heavy atom. The molecule has 0 amide bonds. The summed E-state index contributed by atoms with van der Waals surface area (Å²) in [5, 5.41) is 0.925. The van der Waals surface area contributed by atoms with Crippen molar-refractivity contribution >= 4 is 44.7 Å². The van der Waals surface area contributed by atoms with Crippen molar-refractivity contribution in [2.75, 3.05) is 26.4 Å². The van der Waals surface area contributed by atoms with Crippen molar-refractivity contribution in [1.29, 1.82) is 0 Å². The second-order valence-electron chi connectivity index (χ2n) is 6.37. The van der Waals surface area contributed by atoms with E-state index in [1.807, 2.05) is 0 Å². The van der Waals surface area contributed by atoms with Crippen molar-refractivity contribution in [3.05, 3.63) is 35.5 Å². The van der Waals surface area contributed by atoms with Crippen LogP contribution in [0.15, 0.2) is 32.7 Å². The molecule has 0 saturated carbocycles. The summed E-state index contributed by atoms with van der Waals surface area (Å²) in [6, 6.07) is 3.10. The van der Waals surface area contributed by atoms with Crippen molar-refractivity contribution in [3.8, 4) is 0 Å². The predicted octanol–water partition coefficient (Wildman–Crippen LogP) is 2.23. The summed E-state index contributed by atoms with van der Waals surface area (Å²) >= 11 is 1.31. The van der Waals surface area contributed by atoms with Gasteiger partial charge in [-0.05, 0) is 26.0 Å². The first-order valence-electron chi connectivity index (χ1n) is 8.89. The van der Waals surface area contributed by atoms with Crippen LogP contribution in [-0.4, -0.2) is 54.3 Å². The third-order valence-corrected chi connectivity index (χ3v) is 6.86. The van der Waals surface area contributed by atoms with Crippen molar-refractivity contribution in [3.63, 3.8) is 0 Å². The number of nitrogen functional groups attached to an aromatic ring is 1. The Bertz CT molecular complexity index is 1190. The van der Waals surface area contributed by atoms with Gasteiger partial charge in [-0.1, -0.05) is 11.8 Å². The van der Waals surface area contributed by atoms with Gasteiger partial charge in [0.1, 0.15) is 27.9 Å². The number of ether oxygens (including phenoxy) is 1. The normalized spacial score (nSPS) is 11.9. The van der Waals surface area contributed by atoms with Crippen molar-refractivity contribution < 1.29 is 22.4 Å². The standard InChI is InChI=1S/C18H21N5O5S2/c1-5-27-18(24)14-10(2)28-17-15(14)16(19)21-12(22-17)9-29-13-7-6-11(8-20-13)30(25,26)23(3)4/h6-8H,5,9H2,1-4H3,(H2,19,21,22). The van der Waals surface area contributed by atoms with E-state index in [-0.39, 0.29) is 28.6 Å². The molecular formula is C18H21N5O5S2. The first kappa shape index (κ1) is 22.0. The average Bonchev–Trinajstić information content (AvgIpc) is 3.03. The molecule has 0 atom stereocenters. The smallest absolute Gasteiger partial charge is 0.342 e. The van der Waals surface area contributed by atoms with Gasteiger partial charge >= 0.3 is 5.97 Å². The van der Waals surface area contributed by atoms with E-state index < -0.39 is 16.0 Å². The van der Waals surface area contributed by atoms with Gasteiger partial charge in [-0.25, -0.2) is 27.5 Å². The topological polar surface area (TPSA) is 142 Å². The maximum atomic E-state index is 12.2. The Balaban J connectivity index is 1.81. The number of pyridine rings is 1. The van der Waals surface area contributed by atoms with Crippen LogP contribution in [0.4, 0.5) is 5.82 Å². The highest BCUT2D eigenvalue weighted by Crippen LogP contribution is 2.30.